The number of rotatable bonds is 15. The molecule has 266 valence electrons. The predicted octanol–water partition coefficient (Wildman–Crippen LogP) is -2.96. The summed E-state index contributed by atoms with van der Waals surface area (Å²) in [6.07, 6.45) is -4.96. The van der Waals surface area contributed by atoms with Crippen LogP contribution in [0.15, 0.2) is 23.7 Å². The molecule has 0 aromatic carbocycles. The molecule has 0 radical (unpaired) electrons. The van der Waals surface area contributed by atoms with Gasteiger partial charge in [0, 0.05) is 33.4 Å². The molecule has 21 nitrogen and oxygen atoms in total. The Morgan fingerprint density at radius 2 is 1.58 bits per heavy atom. The van der Waals surface area contributed by atoms with E-state index in [-0.39, 0.29) is 31.6 Å². The first-order valence-electron chi connectivity index (χ1n) is 14.6. The Labute approximate surface area is 274 Å². The van der Waals surface area contributed by atoms with Crippen molar-refractivity contribution < 1.29 is 68.0 Å². The summed E-state index contributed by atoms with van der Waals surface area (Å²) in [6, 6.07) is -2.65. The van der Waals surface area contributed by atoms with Crippen LogP contribution in [0.3, 0.4) is 0 Å². The molecule has 4 amide bonds. The van der Waals surface area contributed by atoms with Crippen molar-refractivity contribution in [3.63, 3.8) is 0 Å². The average Bonchev–Trinajstić information content (AvgIpc) is 2.96. The maximum atomic E-state index is 12.2. The van der Waals surface area contributed by atoms with Crippen LogP contribution in [-0.4, -0.2) is 125 Å². The lowest BCUT2D eigenvalue weighted by molar-refractivity contribution is -0.141. The molecule has 2 rings (SSSR count). The number of aliphatic hydroxyl groups excluding tert-OH is 2. The maximum absolute atomic E-state index is 12.2. The van der Waals surface area contributed by atoms with Crippen LogP contribution >= 0.6 is 0 Å². The van der Waals surface area contributed by atoms with Gasteiger partial charge in [-0.05, 0) is 31.8 Å². The van der Waals surface area contributed by atoms with Crippen molar-refractivity contribution in [3.05, 3.63) is 23.7 Å². The van der Waals surface area contributed by atoms with Crippen molar-refractivity contribution in [3.8, 4) is 0 Å². The number of hydrogen-bond acceptors (Lipinski definition) is 13. The molecule has 12 N–H and O–H groups in total. The molecular formula is C26H40BN7O14. The van der Waals surface area contributed by atoms with Gasteiger partial charge >= 0.3 is 31.2 Å². The van der Waals surface area contributed by atoms with Crippen LogP contribution in [0.1, 0.15) is 33.1 Å². The van der Waals surface area contributed by atoms with Crippen LogP contribution in [0, 0.1) is 5.41 Å². The summed E-state index contributed by atoms with van der Waals surface area (Å²) in [6.45, 7) is 3.07. The zero-order chi connectivity index (χ0) is 36.1. The molecule has 22 heteroatoms. The van der Waals surface area contributed by atoms with Gasteiger partial charge in [0.25, 0.3) is 0 Å². The van der Waals surface area contributed by atoms with Crippen molar-refractivity contribution in [2.75, 3.05) is 13.1 Å². The summed E-state index contributed by atoms with van der Waals surface area (Å²) < 4.78 is 20.6. The standard InChI is InChI=1S/C26H40BN7O14/c1-11(35)32-14-4-5-17(22(39)40)46-21(14)16(38)6-7-30-25(43)47-27(3)48-26(44)31-10-13(37)8-18-20(33-12(2)36)15(34-24(28)29)9-19(45-18)23(41)42/h5,9,13-16,18,20-21,37-38H,4,6-8,10H2,1-3H3,(H,30,43)(H,31,44)(H,32,35)(H,33,36)(H,39,40)(H,41,42)(H4,28,29,34)/t13-,14+,15-,16+,18-,20+,21+/m0/s1. The third-order valence-corrected chi connectivity index (χ3v) is 6.74. The van der Waals surface area contributed by atoms with E-state index in [4.69, 9.17) is 29.9 Å². The fraction of sp³-hybridized carbons (Fsp3) is 0.577. The molecule has 2 aliphatic heterocycles. The van der Waals surface area contributed by atoms with E-state index >= 15 is 0 Å². The van der Waals surface area contributed by atoms with Crippen molar-refractivity contribution in [2.24, 2.45) is 5.73 Å². The van der Waals surface area contributed by atoms with E-state index in [1.807, 2.05) is 0 Å². The minimum atomic E-state index is -1.44. The summed E-state index contributed by atoms with van der Waals surface area (Å²) in [7, 11) is -1.42. The number of nitrogens with two attached hydrogens (primary N) is 1. The second-order valence-electron chi connectivity index (χ2n) is 10.7. The zero-order valence-corrected chi connectivity index (χ0v) is 26.3. The van der Waals surface area contributed by atoms with Gasteiger partial charge < -0.3 is 71.5 Å². The number of nitrogens with one attached hydrogen (secondary N) is 6. The Balaban J connectivity index is 1.82. The Morgan fingerprint density at radius 3 is 2.15 bits per heavy atom. The molecule has 0 aromatic rings. The van der Waals surface area contributed by atoms with Crippen molar-refractivity contribution >= 4 is 49.0 Å². The molecule has 0 spiro atoms. The highest BCUT2D eigenvalue weighted by Crippen LogP contribution is 2.23. The SMILES string of the molecule is CB(OC(=O)NCC[C@@H](O)[C@@H]1OC(C(=O)O)=CC[C@H]1NC(C)=O)OC(=O)NC[C@@H](O)C[C@@H]1OC(C(=O)O)=C[C@H](NC(=N)N)[C@H]1NC(C)=O. The van der Waals surface area contributed by atoms with Gasteiger partial charge in [0.15, 0.2) is 5.96 Å². The summed E-state index contributed by atoms with van der Waals surface area (Å²) >= 11 is 0. The molecule has 0 bridgehead atoms. The van der Waals surface area contributed by atoms with E-state index in [0.717, 1.165) is 6.08 Å². The Bertz CT molecular complexity index is 1300. The number of aliphatic carboxylic acids is 2. The molecule has 7 atom stereocenters. The number of carboxylic acid groups (broad SMARTS) is 2. The van der Waals surface area contributed by atoms with Crippen LogP contribution < -0.4 is 32.3 Å². The Morgan fingerprint density at radius 1 is 0.979 bits per heavy atom. The molecule has 48 heavy (non-hydrogen) atoms. The number of carboxylic acids is 2. The number of carbonyl (C=O) groups excluding carboxylic acids is 4. The van der Waals surface area contributed by atoms with Crippen molar-refractivity contribution in [2.45, 2.75) is 82.5 Å². The van der Waals surface area contributed by atoms with Gasteiger partial charge in [0.2, 0.25) is 23.3 Å². The second kappa shape index (κ2) is 18.2. The monoisotopic (exact) mass is 685 g/mol. The van der Waals surface area contributed by atoms with E-state index in [1.54, 1.807) is 0 Å². The number of aliphatic hydroxyl groups is 2. The number of hydrogen-bond donors (Lipinski definition) is 11. The van der Waals surface area contributed by atoms with Gasteiger partial charge in [-0.25, -0.2) is 19.2 Å². The third kappa shape index (κ3) is 12.9. The first-order chi connectivity index (χ1) is 22.5. The molecule has 0 aromatic heterocycles. The fourth-order valence-corrected chi connectivity index (χ4v) is 4.80. The lowest BCUT2D eigenvalue weighted by atomic mass is 9.94. The predicted molar refractivity (Wildman–Crippen MR) is 162 cm³/mol. The summed E-state index contributed by atoms with van der Waals surface area (Å²) in [5.74, 6) is -5.13. The van der Waals surface area contributed by atoms with Gasteiger partial charge in [-0.3, -0.25) is 15.0 Å². The van der Waals surface area contributed by atoms with Gasteiger partial charge in [-0.1, -0.05) is 0 Å². The van der Waals surface area contributed by atoms with Crippen LogP contribution in [0.4, 0.5) is 9.59 Å². The number of guanidine groups is 1. The Hall–Kier alpha value is -5.25. The maximum Gasteiger partial charge on any atom is 0.597 e. The lowest BCUT2D eigenvalue weighted by Gasteiger charge is -2.38. The zero-order valence-electron chi connectivity index (χ0n) is 26.3. The number of carbonyl (C=O) groups is 6. The van der Waals surface area contributed by atoms with Crippen LogP contribution in [0.5, 0.6) is 0 Å². The molecule has 0 saturated heterocycles. The highest BCUT2D eigenvalue weighted by atomic mass is 16.7. The van der Waals surface area contributed by atoms with E-state index in [2.05, 4.69) is 26.6 Å². The summed E-state index contributed by atoms with van der Waals surface area (Å²) in [4.78, 5) is 70.4. The van der Waals surface area contributed by atoms with Gasteiger partial charge in [0.1, 0.15) is 12.2 Å². The van der Waals surface area contributed by atoms with Crippen molar-refractivity contribution in [1.82, 2.24) is 26.6 Å². The van der Waals surface area contributed by atoms with Gasteiger partial charge in [-0.2, -0.15) is 0 Å². The van der Waals surface area contributed by atoms with E-state index in [9.17, 15) is 49.2 Å². The molecular weight excluding hydrogens is 645 g/mol. The first-order valence-corrected chi connectivity index (χ1v) is 14.6. The van der Waals surface area contributed by atoms with E-state index in [1.165, 1.54) is 26.7 Å². The van der Waals surface area contributed by atoms with Gasteiger partial charge in [-0.15, -0.1) is 0 Å². The van der Waals surface area contributed by atoms with E-state index < -0.39 is 104 Å². The van der Waals surface area contributed by atoms with Crippen LogP contribution in [0.25, 0.3) is 0 Å². The highest BCUT2D eigenvalue weighted by molar-refractivity contribution is 6.47. The van der Waals surface area contributed by atoms with Crippen molar-refractivity contribution in [1.29, 1.82) is 5.41 Å². The normalized spacial score (nSPS) is 22.7. The number of amides is 4. The largest absolute Gasteiger partial charge is 0.597 e. The first kappa shape index (κ1) is 38.9. The minimum absolute atomic E-state index is 0.0976. The minimum Gasteiger partial charge on any atom is -0.482 e. The quantitative estimate of drug-likeness (QED) is 0.0466. The molecule has 2 heterocycles. The highest BCUT2D eigenvalue weighted by Gasteiger charge is 2.39. The lowest BCUT2D eigenvalue weighted by Crippen LogP contribution is -2.60. The molecule has 2 aliphatic rings. The number of ether oxygens (including phenoxy) is 2. The topological polar surface area (TPSA) is 330 Å². The molecule has 0 fully saturated rings. The molecule has 0 saturated carbocycles. The summed E-state index contributed by atoms with van der Waals surface area (Å²) in [5, 5.41) is 59.3. The van der Waals surface area contributed by atoms with E-state index in [0.29, 0.717) is 0 Å². The Kier molecular flexibility index (Phi) is 14.8. The second-order valence-corrected chi connectivity index (χ2v) is 10.7. The van der Waals surface area contributed by atoms with Crippen LogP contribution in [-0.2, 0) is 38.0 Å². The third-order valence-electron chi connectivity index (χ3n) is 6.74. The van der Waals surface area contributed by atoms with Crippen LogP contribution in [0.2, 0.25) is 6.82 Å². The smallest absolute Gasteiger partial charge is 0.482 e. The summed E-state index contributed by atoms with van der Waals surface area (Å²) in [5.41, 5.74) is 5.38. The molecule has 0 aliphatic carbocycles. The van der Waals surface area contributed by atoms with Gasteiger partial charge in [0.05, 0.1) is 30.3 Å². The fourth-order valence-electron chi connectivity index (χ4n) is 4.80. The molecule has 0 unspecified atom stereocenters. The average molecular weight is 685 g/mol.